The van der Waals surface area contributed by atoms with Gasteiger partial charge in [-0.3, -0.25) is 9.89 Å². The molecule has 2 aromatic carbocycles. The first-order valence-electron chi connectivity index (χ1n) is 9.04. The van der Waals surface area contributed by atoms with Crippen LogP contribution in [-0.2, 0) is 6.42 Å². The number of ether oxygens (including phenoxy) is 2. The SMILES string of the molecule is CCCc1[nH]nc(-c2cc(OC)ccc2OC)c1NC(=O)c1ccc(Cl)c(Cl)c1. The second-order valence-electron chi connectivity index (χ2n) is 6.32. The monoisotopic (exact) mass is 433 g/mol. The molecule has 0 aliphatic rings. The number of methoxy groups -OCH3 is 2. The summed E-state index contributed by atoms with van der Waals surface area (Å²) in [6, 6.07) is 10.2. The Balaban J connectivity index is 2.05. The number of halogens is 2. The fraction of sp³-hybridized carbons (Fsp3) is 0.238. The molecule has 0 aliphatic carbocycles. The summed E-state index contributed by atoms with van der Waals surface area (Å²) in [5.41, 5.74) is 3.08. The van der Waals surface area contributed by atoms with Crippen molar-refractivity contribution in [2.24, 2.45) is 0 Å². The largest absolute Gasteiger partial charge is 0.497 e. The molecule has 1 aromatic heterocycles. The molecule has 2 N–H and O–H groups in total. The van der Waals surface area contributed by atoms with Crippen molar-refractivity contribution in [3.8, 4) is 22.8 Å². The molecular formula is C21H21Cl2N3O3. The van der Waals surface area contributed by atoms with E-state index in [0.29, 0.717) is 44.1 Å². The van der Waals surface area contributed by atoms with Gasteiger partial charge in [-0.15, -0.1) is 0 Å². The third-order valence-electron chi connectivity index (χ3n) is 4.42. The summed E-state index contributed by atoms with van der Waals surface area (Å²) >= 11 is 12.0. The van der Waals surface area contributed by atoms with Crippen molar-refractivity contribution in [3.05, 3.63) is 57.7 Å². The molecule has 152 valence electrons. The van der Waals surface area contributed by atoms with Gasteiger partial charge in [-0.25, -0.2) is 0 Å². The topological polar surface area (TPSA) is 76.2 Å². The number of aromatic amines is 1. The van der Waals surface area contributed by atoms with Crippen molar-refractivity contribution in [2.75, 3.05) is 19.5 Å². The van der Waals surface area contributed by atoms with E-state index < -0.39 is 0 Å². The molecule has 0 fully saturated rings. The minimum atomic E-state index is -0.314. The number of benzene rings is 2. The maximum Gasteiger partial charge on any atom is 0.255 e. The van der Waals surface area contributed by atoms with Gasteiger partial charge in [0.15, 0.2) is 0 Å². The van der Waals surface area contributed by atoms with Gasteiger partial charge in [-0.05, 0) is 42.8 Å². The number of aromatic nitrogens is 2. The molecule has 0 aliphatic heterocycles. The normalized spacial score (nSPS) is 10.7. The lowest BCUT2D eigenvalue weighted by Crippen LogP contribution is -2.13. The van der Waals surface area contributed by atoms with Gasteiger partial charge in [0, 0.05) is 11.1 Å². The highest BCUT2D eigenvalue weighted by Gasteiger charge is 2.21. The third-order valence-corrected chi connectivity index (χ3v) is 5.16. The number of nitrogens with one attached hydrogen (secondary N) is 2. The number of hydrogen-bond acceptors (Lipinski definition) is 4. The Morgan fingerprint density at radius 3 is 2.55 bits per heavy atom. The molecule has 0 saturated heterocycles. The van der Waals surface area contributed by atoms with Crippen molar-refractivity contribution in [1.82, 2.24) is 10.2 Å². The van der Waals surface area contributed by atoms with Crippen LogP contribution in [0.5, 0.6) is 11.5 Å². The van der Waals surface area contributed by atoms with Crippen LogP contribution in [0.3, 0.4) is 0 Å². The molecule has 1 amide bonds. The second-order valence-corrected chi connectivity index (χ2v) is 7.14. The van der Waals surface area contributed by atoms with Crippen LogP contribution in [0.25, 0.3) is 11.3 Å². The molecule has 6 nitrogen and oxygen atoms in total. The summed E-state index contributed by atoms with van der Waals surface area (Å²) in [6.07, 6.45) is 1.60. The Morgan fingerprint density at radius 1 is 1.10 bits per heavy atom. The molecule has 3 aromatic rings. The molecule has 0 unspecified atom stereocenters. The number of rotatable bonds is 7. The van der Waals surface area contributed by atoms with Gasteiger partial charge in [0.2, 0.25) is 0 Å². The average Bonchev–Trinajstić information content (AvgIpc) is 3.11. The van der Waals surface area contributed by atoms with Gasteiger partial charge in [0.25, 0.3) is 5.91 Å². The van der Waals surface area contributed by atoms with Gasteiger partial charge in [0.05, 0.1) is 35.6 Å². The predicted molar refractivity (Wildman–Crippen MR) is 116 cm³/mol. The summed E-state index contributed by atoms with van der Waals surface area (Å²) in [5.74, 6) is 0.957. The van der Waals surface area contributed by atoms with E-state index in [1.807, 2.05) is 6.07 Å². The number of carbonyl (C=O) groups excluding carboxylic acids is 1. The minimum Gasteiger partial charge on any atom is -0.497 e. The van der Waals surface area contributed by atoms with E-state index >= 15 is 0 Å². The summed E-state index contributed by atoms with van der Waals surface area (Å²) in [5, 5.41) is 11.1. The maximum absolute atomic E-state index is 12.9. The van der Waals surface area contributed by atoms with Crippen molar-refractivity contribution in [3.63, 3.8) is 0 Å². The second kappa shape index (κ2) is 9.20. The van der Waals surface area contributed by atoms with Gasteiger partial charge >= 0.3 is 0 Å². The molecular weight excluding hydrogens is 413 g/mol. The van der Waals surface area contributed by atoms with E-state index in [9.17, 15) is 4.79 Å². The Labute approximate surface area is 179 Å². The first-order valence-corrected chi connectivity index (χ1v) is 9.80. The lowest BCUT2D eigenvalue weighted by Gasteiger charge is -2.12. The highest BCUT2D eigenvalue weighted by Crippen LogP contribution is 2.38. The first kappa shape index (κ1) is 21.0. The summed E-state index contributed by atoms with van der Waals surface area (Å²) < 4.78 is 10.8. The van der Waals surface area contributed by atoms with Crippen LogP contribution in [0.4, 0.5) is 5.69 Å². The Bertz CT molecular complexity index is 1030. The highest BCUT2D eigenvalue weighted by molar-refractivity contribution is 6.42. The third kappa shape index (κ3) is 4.49. The van der Waals surface area contributed by atoms with Crippen LogP contribution in [0.15, 0.2) is 36.4 Å². The van der Waals surface area contributed by atoms with Crippen LogP contribution in [0, 0.1) is 0 Å². The molecule has 0 spiro atoms. The zero-order valence-corrected chi connectivity index (χ0v) is 17.8. The Morgan fingerprint density at radius 2 is 1.90 bits per heavy atom. The van der Waals surface area contributed by atoms with Crippen LogP contribution >= 0.6 is 23.2 Å². The Kier molecular flexibility index (Phi) is 6.67. The number of carbonyl (C=O) groups is 1. The van der Waals surface area contributed by atoms with Crippen molar-refractivity contribution < 1.29 is 14.3 Å². The van der Waals surface area contributed by atoms with Crippen molar-refractivity contribution in [1.29, 1.82) is 0 Å². The maximum atomic E-state index is 12.9. The van der Waals surface area contributed by atoms with Crippen LogP contribution < -0.4 is 14.8 Å². The molecule has 8 heteroatoms. The number of H-pyrrole nitrogens is 1. The van der Waals surface area contributed by atoms with Gasteiger partial charge < -0.3 is 14.8 Å². The average molecular weight is 434 g/mol. The number of nitrogens with zero attached hydrogens (tertiary/aromatic N) is 1. The van der Waals surface area contributed by atoms with Crippen molar-refractivity contribution >= 4 is 34.8 Å². The number of aryl methyl sites for hydroxylation is 1. The van der Waals surface area contributed by atoms with E-state index in [-0.39, 0.29) is 5.91 Å². The van der Waals surface area contributed by atoms with E-state index in [0.717, 1.165) is 18.5 Å². The summed E-state index contributed by atoms with van der Waals surface area (Å²) in [7, 11) is 3.17. The number of anilines is 1. The summed E-state index contributed by atoms with van der Waals surface area (Å²) in [6.45, 7) is 2.05. The first-order chi connectivity index (χ1) is 14.0. The zero-order valence-electron chi connectivity index (χ0n) is 16.3. The van der Waals surface area contributed by atoms with Crippen molar-refractivity contribution in [2.45, 2.75) is 19.8 Å². The van der Waals surface area contributed by atoms with Gasteiger partial charge in [-0.1, -0.05) is 36.5 Å². The molecule has 29 heavy (non-hydrogen) atoms. The Hall–Kier alpha value is -2.70. The van der Waals surface area contributed by atoms with Gasteiger partial charge in [0.1, 0.15) is 17.2 Å². The fourth-order valence-corrected chi connectivity index (χ4v) is 3.26. The highest BCUT2D eigenvalue weighted by atomic mass is 35.5. The molecule has 0 saturated carbocycles. The van der Waals surface area contributed by atoms with Crippen LogP contribution in [-0.4, -0.2) is 30.3 Å². The molecule has 0 bridgehead atoms. The smallest absolute Gasteiger partial charge is 0.255 e. The van der Waals surface area contributed by atoms with E-state index in [2.05, 4.69) is 22.4 Å². The molecule has 0 radical (unpaired) electrons. The van der Waals surface area contributed by atoms with E-state index in [1.54, 1.807) is 38.5 Å². The fourth-order valence-electron chi connectivity index (χ4n) is 2.96. The summed E-state index contributed by atoms with van der Waals surface area (Å²) in [4.78, 5) is 12.9. The quantitative estimate of drug-likeness (QED) is 0.507. The molecule has 0 atom stereocenters. The van der Waals surface area contributed by atoms with Crippen LogP contribution in [0.1, 0.15) is 29.4 Å². The molecule has 1 heterocycles. The number of amides is 1. The van der Waals surface area contributed by atoms with E-state index in [1.165, 1.54) is 6.07 Å². The van der Waals surface area contributed by atoms with Gasteiger partial charge in [-0.2, -0.15) is 5.10 Å². The lowest BCUT2D eigenvalue weighted by atomic mass is 10.1. The minimum absolute atomic E-state index is 0.314. The zero-order chi connectivity index (χ0) is 21.0. The molecule has 3 rings (SSSR count). The van der Waals surface area contributed by atoms with E-state index in [4.69, 9.17) is 32.7 Å². The number of hydrogen-bond donors (Lipinski definition) is 2. The lowest BCUT2D eigenvalue weighted by molar-refractivity contribution is 0.102. The predicted octanol–water partition coefficient (Wildman–Crippen LogP) is 5.61. The van der Waals surface area contributed by atoms with Crippen LogP contribution in [0.2, 0.25) is 10.0 Å². The standard InChI is InChI=1S/C21H21Cl2N3O3/c1-4-5-17-20(24-21(27)12-6-8-15(22)16(23)10-12)19(26-25-17)14-11-13(28-2)7-9-18(14)29-3/h6-11H,4-5H2,1-3H3,(H,24,27)(H,25,26).